The highest BCUT2D eigenvalue weighted by Gasteiger charge is 2.35. The molecule has 3 amide bonds. The summed E-state index contributed by atoms with van der Waals surface area (Å²) >= 11 is 0. The van der Waals surface area contributed by atoms with Crippen LogP contribution >= 0.6 is 0 Å². The van der Waals surface area contributed by atoms with E-state index in [-0.39, 0.29) is 24.3 Å². The van der Waals surface area contributed by atoms with E-state index in [0.29, 0.717) is 23.4 Å². The van der Waals surface area contributed by atoms with Crippen LogP contribution in [0, 0.1) is 5.92 Å². The predicted octanol–water partition coefficient (Wildman–Crippen LogP) is 5.73. The minimum absolute atomic E-state index is 0.119. The number of hydrogen-bond acceptors (Lipinski definition) is 5. The van der Waals surface area contributed by atoms with Crippen molar-refractivity contribution in [3.63, 3.8) is 0 Å². The minimum Gasteiger partial charge on any atom is -0.497 e. The van der Waals surface area contributed by atoms with Gasteiger partial charge in [-0.1, -0.05) is 45.0 Å². The van der Waals surface area contributed by atoms with Gasteiger partial charge in [-0.05, 0) is 81.8 Å². The van der Waals surface area contributed by atoms with Gasteiger partial charge in [0.25, 0.3) is 5.91 Å². The summed E-state index contributed by atoms with van der Waals surface area (Å²) in [6.07, 6.45) is 0.588. The van der Waals surface area contributed by atoms with E-state index in [0.717, 1.165) is 12.0 Å². The van der Waals surface area contributed by atoms with Gasteiger partial charge in [0.1, 0.15) is 23.4 Å². The quantitative estimate of drug-likeness (QED) is 0.391. The summed E-state index contributed by atoms with van der Waals surface area (Å²) in [4.78, 5) is 41.8. The first-order valence-electron chi connectivity index (χ1n) is 13.2. The van der Waals surface area contributed by atoms with Gasteiger partial charge in [-0.25, -0.2) is 4.79 Å². The molecular formula is C30H43N3O5. The lowest BCUT2D eigenvalue weighted by Gasteiger charge is -2.34. The van der Waals surface area contributed by atoms with Crippen molar-refractivity contribution in [3.8, 4) is 5.75 Å². The molecule has 0 aliphatic rings. The van der Waals surface area contributed by atoms with Crippen LogP contribution in [0.1, 0.15) is 72.1 Å². The number of aryl methyl sites for hydroxylation is 1. The van der Waals surface area contributed by atoms with Crippen molar-refractivity contribution in [1.29, 1.82) is 0 Å². The number of ether oxygens (including phenoxy) is 2. The van der Waals surface area contributed by atoms with E-state index in [4.69, 9.17) is 9.47 Å². The van der Waals surface area contributed by atoms with E-state index in [2.05, 4.69) is 17.6 Å². The number of rotatable bonds is 11. The molecule has 2 N–H and O–H groups in total. The molecule has 0 spiro atoms. The molecular weight excluding hydrogens is 482 g/mol. The normalized spacial score (nSPS) is 12.9. The van der Waals surface area contributed by atoms with E-state index in [1.54, 1.807) is 52.1 Å². The molecule has 0 heterocycles. The Bertz CT molecular complexity index is 1060. The highest BCUT2D eigenvalue weighted by atomic mass is 16.6. The van der Waals surface area contributed by atoms with E-state index in [1.807, 2.05) is 45.0 Å². The number of methoxy groups -OCH3 is 1. The van der Waals surface area contributed by atoms with E-state index < -0.39 is 23.8 Å². The summed E-state index contributed by atoms with van der Waals surface area (Å²) in [5.41, 5.74) is 1.69. The first-order valence-corrected chi connectivity index (χ1v) is 13.2. The average molecular weight is 526 g/mol. The fraction of sp³-hybridized carbons (Fsp3) is 0.500. The van der Waals surface area contributed by atoms with Crippen molar-refractivity contribution >= 4 is 23.6 Å². The topological polar surface area (TPSA) is 97.0 Å². The molecule has 2 rings (SSSR count). The highest BCUT2D eigenvalue weighted by molar-refractivity contribution is 5.99. The number of nitrogens with zero attached hydrogens (tertiary/aromatic N) is 1. The van der Waals surface area contributed by atoms with Gasteiger partial charge in [0, 0.05) is 12.2 Å². The van der Waals surface area contributed by atoms with Gasteiger partial charge >= 0.3 is 6.09 Å². The number of carbonyl (C=O) groups is 3. The number of hydrogen-bond donors (Lipinski definition) is 2. The third kappa shape index (κ3) is 9.08. The molecule has 2 unspecified atom stereocenters. The van der Waals surface area contributed by atoms with Crippen LogP contribution in [0.5, 0.6) is 5.75 Å². The van der Waals surface area contributed by atoms with Gasteiger partial charge in [-0.2, -0.15) is 0 Å². The Morgan fingerprint density at radius 2 is 1.55 bits per heavy atom. The first kappa shape index (κ1) is 30.7. The highest BCUT2D eigenvalue weighted by Crippen LogP contribution is 2.26. The maximum Gasteiger partial charge on any atom is 0.408 e. The van der Waals surface area contributed by atoms with Crippen molar-refractivity contribution in [2.24, 2.45) is 5.92 Å². The molecule has 0 aliphatic heterocycles. The van der Waals surface area contributed by atoms with Crippen LogP contribution in [0.2, 0.25) is 0 Å². The summed E-state index contributed by atoms with van der Waals surface area (Å²) in [7, 11) is 1.58. The lowest BCUT2D eigenvalue weighted by atomic mass is 9.98. The zero-order valence-corrected chi connectivity index (χ0v) is 24.0. The lowest BCUT2D eigenvalue weighted by molar-refractivity contribution is -0.140. The maximum atomic E-state index is 13.9. The second-order valence-corrected chi connectivity index (χ2v) is 10.7. The van der Waals surface area contributed by atoms with Crippen LogP contribution in [0.4, 0.5) is 10.5 Å². The van der Waals surface area contributed by atoms with Crippen molar-refractivity contribution in [2.45, 2.75) is 79.0 Å². The molecule has 8 nitrogen and oxygen atoms in total. The smallest absolute Gasteiger partial charge is 0.408 e. The van der Waals surface area contributed by atoms with Crippen LogP contribution in [-0.2, 0) is 20.7 Å². The number of carbonyl (C=O) groups excluding carboxylic acids is 3. The summed E-state index contributed by atoms with van der Waals surface area (Å²) < 4.78 is 10.6. The second kappa shape index (κ2) is 13.8. The zero-order valence-electron chi connectivity index (χ0n) is 24.0. The molecule has 8 heteroatoms. The Morgan fingerprint density at radius 3 is 2.03 bits per heavy atom. The van der Waals surface area contributed by atoms with Crippen LogP contribution in [0.25, 0.3) is 0 Å². The van der Waals surface area contributed by atoms with Crippen LogP contribution < -0.4 is 15.4 Å². The van der Waals surface area contributed by atoms with Crippen molar-refractivity contribution in [1.82, 2.24) is 10.2 Å². The molecule has 208 valence electrons. The summed E-state index contributed by atoms with van der Waals surface area (Å²) in [5.74, 6) is 0.0921. The predicted molar refractivity (Wildman–Crippen MR) is 150 cm³/mol. The van der Waals surface area contributed by atoms with Gasteiger partial charge < -0.3 is 25.0 Å². The van der Waals surface area contributed by atoms with Gasteiger partial charge in [0.2, 0.25) is 5.91 Å². The van der Waals surface area contributed by atoms with Gasteiger partial charge in [0.15, 0.2) is 0 Å². The van der Waals surface area contributed by atoms with Crippen molar-refractivity contribution in [2.75, 3.05) is 19.0 Å². The third-order valence-corrected chi connectivity index (χ3v) is 5.94. The second-order valence-electron chi connectivity index (χ2n) is 10.7. The molecule has 0 saturated heterocycles. The summed E-state index contributed by atoms with van der Waals surface area (Å²) in [5, 5.41) is 5.69. The van der Waals surface area contributed by atoms with Gasteiger partial charge in [0.05, 0.1) is 7.11 Å². The molecule has 0 bridgehead atoms. The number of likely N-dealkylation sites (N-methyl/N-ethyl adjacent to an activating group) is 1. The minimum atomic E-state index is -0.907. The molecule has 2 aromatic rings. The molecule has 0 aliphatic carbocycles. The maximum absolute atomic E-state index is 13.9. The van der Waals surface area contributed by atoms with Crippen LogP contribution in [0.15, 0.2) is 48.5 Å². The number of amides is 3. The van der Waals surface area contributed by atoms with E-state index >= 15 is 0 Å². The standard InChI is InChI=1S/C30H43N3O5/c1-9-21-11-13-22(14-12-21)26(27(34)31-23-15-17-24(37-8)18-16-23)33(10-2)28(35)25(19-20(3)4)32-29(36)38-30(5,6)7/h11-18,20,25-26H,9-10,19H2,1-8H3,(H,31,34)(H,32,36). The number of alkyl carbamates (subject to hydrolysis) is 1. The molecule has 2 aromatic carbocycles. The first-order chi connectivity index (χ1) is 17.9. The molecule has 2 atom stereocenters. The Labute approximate surface area is 227 Å². The molecule has 0 radical (unpaired) electrons. The third-order valence-electron chi connectivity index (χ3n) is 5.94. The Kier molecular flexibility index (Phi) is 11.2. The lowest BCUT2D eigenvalue weighted by Crippen LogP contribution is -2.52. The fourth-order valence-corrected chi connectivity index (χ4v) is 4.10. The zero-order chi connectivity index (χ0) is 28.5. The van der Waals surface area contributed by atoms with E-state index in [9.17, 15) is 14.4 Å². The van der Waals surface area contributed by atoms with Crippen LogP contribution in [-0.4, -0.2) is 48.1 Å². The Balaban J connectivity index is 2.44. The summed E-state index contributed by atoms with van der Waals surface area (Å²) in [6, 6.07) is 12.9. The fourth-order valence-electron chi connectivity index (χ4n) is 4.10. The van der Waals surface area contributed by atoms with Gasteiger partial charge in [-0.3, -0.25) is 9.59 Å². The summed E-state index contributed by atoms with van der Waals surface area (Å²) in [6.45, 7) is 13.4. The van der Waals surface area contributed by atoms with E-state index in [1.165, 1.54) is 4.90 Å². The Hall–Kier alpha value is -3.55. The molecule has 0 aromatic heterocycles. The van der Waals surface area contributed by atoms with Crippen molar-refractivity contribution < 1.29 is 23.9 Å². The monoisotopic (exact) mass is 525 g/mol. The van der Waals surface area contributed by atoms with Crippen LogP contribution in [0.3, 0.4) is 0 Å². The number of benzene rings is 2. The number of nitrogens with one attached hydrogen (secondary N) is 2. The van der Waals surface area contributed by atoms with Gasteiger partial charge in [-0.15, -0.1) is 0 Å². The Morgan fingerprint density at radius 1 is 0.947 bits per heavy atom. The largest absolute Gasteiger partial charge is 0.497 e. The molecule has 38 heavy (non-hydrogen) atoms. The molecule has 0 fully saturated rings. The average Bonchev–Trinajstić information content (AvgIpc) is 2.85. The van der Waals surface area contributed by atoms with Crippen molar-refractivity contribution in [3.05, 3.63) is 59.7 Å². The number of anilines is 1. The molecule has 0 saturated carbocycles. The SMILES string of the molecule is CCc1ccc(C(C(=O)Nc2ccc(OC)cc2)N(CC)C(=O)C(CC(C)C)NC(=O)OC(C)(C)C)cc1.